The van der Waals surface area contributed by atoms with E-state index in [1.165, 1.54) is 0 Å². The molecule has 84 valence electrons. The molecule has 0 aliphatic heterocycles. The number of oxazole rings is 1. The van der Waals surface area contributed by atoms with E-state index in [2.05, 4.69) is 15.5 Å². The van der Waals surface area contributed by atoms with Crippen LogP contribution < -0.4 is 5.43 Å². The Kier molecular flexibility index (Phi) is 2.34. The van der Waals surface area contributed by atoms with Crippen LogP contribution in [0.3, 0.4) is 0 Å². The van der Waals surface area contributed by atoms with Crippen LogP contribution in [0.1, 0.15) is 5.76 Å². The molecule has 0 radical (unpaired) electrons. The van der Waals surface area contributed by atoms with Crippen molar-refractivity contribution in [3.8, 4) is 0 Å². The van der Waals surface area contributed by atoms with Gasteiger partial charge in [0.2, 0.25) is 0 Å². The number of nitrogens with one attached hydrogen (secondary N) is 1. The van der Waals surface area contributed by atoms with Gasteiger partial charge < -0.3 is 8.83 Å². The predicted octanol–water partition coefficient (Wildman–Crippen LogP) is 2.87. The topological polar surface area (TPSA) is 63.6 Å². The Morgan fingerprint density at radius 2 is 2.12 bits per heavy atom. The number of hydrogen-bond acceptors (Lipinski definition) is 5. The highest BCUT2D eigenvalue weighted by Crippen LogP contribution is 2.17. The molecule has 0 atom stereocenters. The highest BCUT2D eigenvalue weighted by atomic mass is 16.4. The second kappa shape index (κ2) is 4.13. The highest BCUT2D eigenvalue weighted by Gasteiger charge is 2.02. The summed E-state index contributed by atoms with van der Waals surface area (Å²) in [6.07, 6.45) is 3.13. The van der Waals surface area contributed by atoms with E-state index in [4.69, 9.17) is 8.83 Å². The number of hydrogen-bond donors (Lipinski definition) is 1. The molecule has 3 rings (SSSR count). The smallest absolute Gasteiger partial charge is 0.316 e. The molecular formula is C12H9N3O2. The first-order valence-electron chi connectivity index (χ1n) is 5.10. The summed E-state index contributed by atoms with van der Waals surface area (Å²) in [5.41, 5.74) is 4.22. The van der Waals surface area contributed by atoms with E-state index in [-0.39, 0.29) is 0 Å². The largest absolute Gasteiger partial charge is 0.463 e. The van der Waals surface area contributed by atoms with E-state index in [0.717, 1.165) is 11.1 Å². The van der Waals surface area contributed by atoms with Gasteiger partial charge in [-0.3, -0.25) is 0 Å². The van der Waals surface area contributed by atoms with Crippen molar-refractivity contribution in [3.05, 3.63) is 48.4 Å². The number of para-hydroxylation sites is 2. The van der Waals surface area contributed by atoms with Crippen LogP contribution in [0.5, 0.6) is 0 Å². The van der Waals surface area contributed by atoms with Crippen LogP contribution in [0.4, 0.5) is 6.01 Å². The van der Waals surface area contributed by atoms with E-state index in [1.54, 1.807) is 24.6 Å². The molecule has 3 aromatic rings. The molecule has 0 saturated carbocycles. The molecule has 0 aliphatic carbocycles. The summed E-state index contributed by atoms with van der Waals surface area (Å²) in [7, 11) is 0. The molecule has 1 aromatic carbocycles. The highest BCUT2D eigenvalue weighted by molar-refractivity contribution is 5.77. The minimum absolute atomic E-state index is 0.356. The lowest BCUT2D eigenvalue weighted by Gasteiger charge is -1.89. The Balaban J connectivity index is 1.77. The third-order valence-electron chi connectivity index (χ3n) is 2.19. The van der Waals surface area contributed by atoms with Crippen molar-refractivity contribution >= 4 is 23.3 Å². The number of rotatable bonds is 3. The average molecular weight is 227 g/mol. The van der Waals surface area contributed by atoms with Crippen LogP contribution in [-0.2, 0) is 0 Å². The molecule has 2 heterocycles. The van der Waals surface area contributed by atoms with Gasteiger partial charge >= 0.3 is 6.01 Å². The molecule has 2 aromatic heterocycles. The Bertz CT molecular complexity index is 608. The van der Waals surface area contributed by atoms with Gasteiger partial charge in [-0.25, -0.2) is 5.43 Å². The third kappa shape index (κ3) is 2.03. The van der Waals surface area contributed by atoms with Crippen LogP contribution in [0, 0.1) is 0 Å². The van der Waals surface area contributed by atoms with Crippen LogP contribution in [0.15, 0.2) is 56.6 Å². The van der Waals surface area contributed by atoms with E-state index in [0.29, 0.717) is 11.8 Å². The van der Waals surface area contributed by atoms with E-state index in [9.17, 15) is 0 Å². The van der Waals surface area contributed by atoms with Gasteiger partial charge in [0.15, 0.2) is 5.58 Å². The van der Waals surface area contributed by atoms with Crippen molar-refractivity contribution in [1.29, 1.82) is 0 Å². The van der Waals surface area contributed by atoms with Crippen LogP contribution in [0.2, 0.25) is 0 Å². The van der Waals surface area contributed by atoms with E-state index >= 15 is 0 Å². The number of nitrogens with zero attached hydrogens (tertiary/aromatic N) is 2. The molecular weight excluding hydrogens is 218 g/mol. The van der Waals surface area contributed by atoms with Gasteiger partial charge in [0.25, 0.3) is 0 Å². The summed E-state index contributed by atoms with van der Waals surface area (Å²) in [6.45, 7) is 0. The molecule has 1 N–H and O–H groups in total. The molecule has 5 heteroatoms. The van der Waals surface area contributed by atoms with E-state index in [1.807, 2.05) is 24.3 Å². The quantitative estimate of drug-likeness (QED) is 0.552. The fourth-order valence-electron chi connectivity index (χ4n) is 1.44. The van der Waals surface area contributed by atoms with E-state index < -0.39 is 0 Å². The summed E-state index contributed by atoms with van der Waals surface area (Å²) in [6, 6.07) is 11.5. The average Bonchev–Trinajstić information content (AvgIpc) is 2.96. The molecule has 0 unspecified atom stereocenters. The zero-order valence-corrected chi connectivity index (χ0v) is 8.83. The summed E-state index contributed by atoms with van der Waals surface area (Å²) < 4.78 is 10.5. The summed E-state index contributed by atoms with van der Waals surface area (Å²) in [5, 5.41) is 3.95. The second-order valence-corrected chi connectivity index (χ2v) is 3.37. The molecule has 0 spiro atoms. The molecule has 0 fully saturated rings. The van der Waals surface area contributed by atoms with Crippen molar-refractivity contribution < 1.29 is 8.83 Å². The van der Waals surface area contributed by atoms with Crippen LogP contribution in [-0.4, -0.2) is 11.2 Å². The lowest BCUT2D eigenvalue weighted by Crippen LogP contribution is -1.89. The van der Waals surface area contributed by atoms with Gasteiger partial charge in [0, 0.05) is 0 Å². The number of benzene rings is 1. The van der Waals surface area contributed by atoms with Gasteiger partial charge in [0.05, 0.1) is 12.5 Å². The number of hydrazone groups is 1. The van der Waals surface area contributed by atoms with Crippen molar-refractivity contribution in [1.82, 2.24) is 4.98 Å². The van der Waals surface area contributed by atoms with Crippen molar-refractivity contribution in [2.75, 3.05) is 5.43 Å². The minimum atomic E-state index is 0.356. The van der Waals surface area contributed by atoms with Gasteiger partial charge in [-0.05, 0) is 24.3 Å². The summed E-state index contributed by atoms with van der Waals surface area (Å²) in [4.78, 5) is 4.21. The molecule has 0 aliphatic rings. The maximum absolute atomic E-state index is 5.42. The fraction of sp³-hybridized carbons (Fsp3) is 0. The van der Waals surface area contributed by atoms with Gasteiger partial charge in [-0.2, -0.15) is 10.1 Å². The first-order chi connectivity index (χ1) is 8.42. The lowest BCUT2D eigenvalue weighted by atomic mass is 10.3. The number of anilines is 1. The number of aromatic nitrogens is 1. The van der Waals surface area contributed by atoms with Crippen LogP contribution >= 0.6 is 0 Å². The lowest BCUT2D eigenvalue weighted by molar-refractivity contribution is 0.560. The summed E-state index contributed by atoms with van der Waals surface area (Å²) >= 11 is 0. The Hall–Kier alpha value is -2.56. The zero-order valence-electron chi connectivity index (χ0n) is 8.83. The predicted molar refractivity (Wildman–Crippen MR) is 63.9 cm³/mol. The SMILES string of the molecule is C(=NNc1nc2ccccc2o1)c1ccco1. The van der Waals surface area contributed by atoms with Crippen molar-refractivity contribution in [2.24, 2.45) is 5.10 Å². The van der Waals surface area contributed by atoms with Gasteiger partial charge in [-0.1, -0.05) is 12.1 Å². The molecule has 0 amide bonds. The Morgan fingerprint density at radius 3 is 2.94 bits per heavy atom. The monoisotopic (exact) mass is 227 g/mol. The second-order valence-electron chi connectivity index (χ2n) is 3.37. The molecule has 0 bridgehead atoms. The standard InChI is InChI=1S/C12H9N3O2/c1-2-6-11-10(5-1)14-12(17-11)15-13-8-9-4-3-7-16-9/h1-8H,(H,14,15). The number of furan rings is 1. The first-order valence-corrected chi connectivity index (χ1v) is 5.10. The van der Waals surface area contributed by atoms with Gasteiger partial charge in [0.1, 0.15) is 11.3 Å². The fourth-order valence-corrected chi connectivity index (χ4v) is 1.44. The normalized spacial score (nSPS) is 11.3. The molecule has 0 saturated heterocycles. The molecule has 17 heavy (non-hydrogen) atoms. The van der Waals surface area contributed by atoms with Crippen molar-refractivity contribution in [2.45, 2.75) is 0 Å². The minimum Gasteiger partial charge on any atom is -0.463 e. The Labute approximate surface area is 96.8 Å². The summed E-state index contributed by atoms with van der Waals surface area (Å²) in [5.74, 6) is 0.661. The first kappa shape index (κ1) is 9.65. The zero-order chi connectivity index (χ0) is 11.5. The van der Waals surface area contributed by atoms with Gasteiger partial charge in [-0.15, -0.1) is 0 Å². The molecule has 5 nitrogen and oxygen atoms in total. The maximum atomic E-state index is 5.42. The maximum Gasteiger partial charge on any atom is 0.316 e. The number of fused-ring (bicyclic) bond motifs is 1. The van der Waals surface area contributed by atoms with Crippen LogP contribution in [0.25, 0.3) is 11.1 Å². The Morgan fingerprint density at radius 1 is 1.18 bits per heavy atom. The van der Waals surface area contributed by atoms with Crippen molar-refractivity contribution in [3.63, 3.8) is 0 Å². The third-order valence-corrected chi connectivity index (χ3v) is 2.19.